The minimum Gasteiger partial charge on any atom is -0.465 e. The fourth-order valence-electron chi connectivity index (χ4n) is 4.19. The van der Waals surface area contributed by atoms with Crippen molar-refractivity contribution in [1.82, 2.24) is 0 Å². The van der Waals surface area contributed by atoms with Gasteiger partial charge < -0.3 is 10.1 Å². The number of esters is 1. The van der Waals surface area contributed by atoms with Gasteiger partial charge in [0.05, 0.1) is 39.9 Å². The number of para-hydroxylation sites is 1. The maximum Gasteiger partial charge on any atom is 0.338 e. The molecule has 0 spiro atoms. The van der Waals surface area contributed by atoms with Crippen LogP contribution >= 0.6 is 11.6 Å². The molecule has 1 N–H and O–H groups in total. The Hall–Kier alpha value is -2.86. The number of halogens is 1. The van der Waals surface area contributed by atoms with E-state index >= 15 is 0 Å². The van der Waals surface area contributed by atoms with Crippen LogP contribution in [0.1, 0.15) is 39.9 Å². The Morgan fingerprint density at radius 2 is 2.07 bits per heavy atom. The molecule has 0 bridgehead atoms. The van der Waals surface area contributed by atoms with E-state index in [2.05, 4.69) is 17.5 Å². The van der Waals surface area contributed by atoms with Gasteiger partial charge in [0.2, 0.25) is 0 Å². The maximum atomic E-state index is 12.3. The second kappa shape index (κ2) is 6.70. The predicted molar refractivity (Wildman–Crippen MR) is 102 cm³/mol. The van der Waals surface area contributed by atoms with Crippen molar-refractivity contribution in [2.45, 2.75) is 18.4 Å². The number of nitro groups is 1. The Labute approximate surface area is 160 Å². The molecule has 27 heavy (non-hydrogen) atoms. The zero-order valence-electron chi connectivity index (χ0n) is 14.5. The van der Waals surface area contributed by atoms with Gasteiger partial charge in [0.15, 0.2) is 0 Å². The molecule has 0 saturated heterocycles. The summed E-state index contributed by atoms with van der Waals surface area (Å²) in [5.41, 5.74) is 2.58. The molecule has 1 aliphatic carbocycles. The minimum absolute atomic E-state index is 0.0421. The minimum atomic E-state index is -0.423. The number of carbonyl (C=O) groups excluding carboxylic acids is 1. The van der Waals surface area contributed by atoms with Crippen molar-refractivity contribution in [3.63, 3.8) is 0 Å². The molecule has 2 aromatic carbocycles. The van der Waals surface area contributed by atoms with Crippen molar-refractivity contribution in [2.24, 2.45) is 5.92 Å². The molecular weight excluding hydrogens is 368 g/mol. The first kappa shape index (κ1) is 17.5. The lowest BCUT2D eigenvalue weighted by Gasteiger charge is -2.38. The van der Waals surface area contributed by atoms with Crippen molar-refractivity contribution < 1.29 is 14.5 Å². The molecule has 3 atom stereocenters. The summed E-state index contributed by atoms with van der Waals surface area (Å²) in [6.07, 6.45) is 4.85. The summed E-state index contributed by atoms with van der Waals surface area (Å²) in [6.45, 7) is 0. The van der Waals surface area contributed by atoms with E-state index in [-0.39, 0.29) is 28.5 Å². The highest BCUT2D eigenvalue weighted by Crippen LogP contribution is 2.53. The molecule has 2 aromatic rings. The van der Waals surface area contributed by atoms with Crippen LogP contribution in [0, 0.1) is 16.0 Å². The quantitative estimate of drug-likeness (QED) is 0.353. The zero-order valence-corrected chi connectivity index (χ0v) is 15.3. The topological polar surface area (TPSA) is 81.5 Å². The highest BCUT2D eigenvalue weighted by atomic mass is 35.5. The van der Waals surface area contributed by atoms with Gasteiger partial charge in [-0.3, -0.25) is 10.1 Å². The molecule has 0 radical (unpaired) electrons. The SMILES string of the molecule is COC(=O)c1ccc(Cl)c2c1[C@@H]1C=CC[C@@H]1[C@@H](c1ccccc1[N+](=O)[O-])N2. The standard InChI is InChI=1S/C20H17ClN2O4/c1-27-20(24)14-9-10-15(21)19-17(14)11-6-4-7-12(11)18(22-19)13-5-2-3-8-16(13)23(25)26/h2-6,8-12,18,22H,7H2,1H3/t11-,12+,18+/m1/s1. The monoisotopic (exact) mass is 384 g/mol. The number of nitrogens with zero attached hydrogens (tertiary/aromatic N) is 1. The molecule has 0 unspecified atom stereocenters. The van der Waals surface area contributed by atoms with Crippen LogP contribution in [0.5, 0.6) is 0 Å². The van der Waals surface area contributed by atoms with Gasteiger partial charge in [-0.1, -0.05) is 42.0 Å². The Morgan fingerprint density at radius 1 is 1.30 bits per heavy atom. The average molecular weight is 385 g/mol. The molecule has 7 heteroatoms. The van der Waals surface area contributed by atoms with Crippen molar-refractivity contribution >= 4 is 28.9 Å². The van der Waals surface area contributed by atoms with Gasteiger partial charge in [-0.25, -0.2) is 4.79 Å². The van der Waals surface area contributed by atoms with Crippen molar-refractivity contribution in [3.05, 3.63) is 80.4 Å². The summed E-state index contributed by atoms with van der Waals surface area (Å²) in [5.74, 6) is -0.452. The fourth-order valence-corrected chi connectivity index (χ4v) is 4.41. The largest absolute Gasteiger partial charge is 0.465 e. The van der Waals surface area contributed by atoms with Gasteiger partial charge in [0.1, 0.15) is 0 Å². The van der Waals surface area contributed by atoms with Gasteiger partial charge in [0.25, 0.3) is 5.69 Å². The molecule has 1 heterocycles. The number of methoxy groups -OCH3 is 1. The highest BCUT2D eigenvalue weighted by Gasteiger charge is 2.42. The fraction of sp³-hybridized carbons (Fsp3) is 0.250. The maximum absolute atomic E-state index is 12.3. The zero-order chi connectivity index (χ0) is 19.1. The lowest BCUT2D eigenvalue weighted by atomic mass is 9.75. The molecule has 0 amide bonds. The van der Waals surface area contributed by atoms with Crippen LogP contribution in [0.25, 0.3) is 0 Å². The molecule has 138 valence electrons. The van der Waals surface area contributed by atoms with Crippen LogP contribution in [0.2, 0.25) is 5.02 Å². The van der Waals surface area contributed by atoms with Crippen LogP contribution in [0.15, 0.2) is 48.6 Å². The van der Waals surface area contributed by atoms with Crippen LogP contribution < -0.4 is 5.32 Å². The smallest absolute Gasteiger partial charge is 0.338 e. The lowest BCUT2D eigenvalue weighted by Crippen LogP contribution is -2.31. The van der Waals surface area contributed by atoms with E-state index in [9.17, 15) is 14.9 Å². The summed E-state index contributed by atoms with van der Waals surface area (Å²) in [7, 11) is 1.34. The van der Waals surface area contributed by atoms with E-state index in [1.807, 2.05) is 0 Å². The first-order valence-corrected chi connectivity index (χ1v) is 8.98. The number of ether oxygens (including phenoxy) is 1. The highest BCUT2D eigenvalue weighted by molar-refractivity contribution is 6.33. The molecule has 4 rings (SSSR count). The molecule has 1 aliphatic heterocycles. The molecular formula is C20H17ClN2O4. The van der Waals surface area contributed by atoms with Gasteiger partial charge in [-0.15, -0.1) is 0 Å². The third-order valence-electron chi connectivity index (χ3n) is 5.34. The van der Waals surface area contributed by atoms with E-state index in [0.29, 0.717) is 21.8 Å². The Bertz CT molecular complexity index is 972. The van der Waals surface area contributed by atoms with Crippen molar-refractivity contribution in [1.29, 1.82) is 0 Å². The van der Waals surface area contributed by atoms with Gasteiger partial charge in [0, 0.05) is 12.0 Å². The first-order valence-electron chi connectivity index (χ1n) is 8.60. The van der Waals surface area contributed by atoms with E-state index < -0.39 is 5.97 Å². The molecule has 2 aliphatic rings. The van der Waals surface area contributed by atoms with Gasteiger partial charge in [-0.05, 0) is 30.0 Å². The van der Waals surface area contributed by atoms with Crippen LogP contribution in [0.4, 0.5) is 11.4 Å². The number of hydrogen-bond acceptors (Lipinski definition) is 5. The molecule has 6 nitrogen and oxygen atoms in total. The number of fused-ring (bicyclic) bond motifs is 3. The number of carbonyl (C=O) groups is 1. The second-order valence-electron chi connectivity index (χ2n) is 6.67. The Balaban J connectivity index is 1.89. The summed E-state index contributed by atoms with van der Waals surface area (Å²) in [5, 5.41) is 15.4. The van der Waals surface area contributed by atoms with Gasteiger partial charge >= 0.3 is 5.97 Å². The third-order valence-corrected chi connectivity index (χ3v) is 5.66. The third kappa shape index (κ3) is 2.77. The number of nitro benzene ring substituents is 1. The van der Waals surface area contributed by atoms with Crippen LogP contribution in [0.3, 0.4) is 0 Å². The number of anilines is 1. The van der Waals surface area contributed by atoms with Crippen LogP contribution in [-0.4, -0.2) is 18.0 Å². The van der Waals surface area contributed by atoms with Crippen LogP contribution in [-0.2, 0) is 4.74 Å². The lowest BCUT2D eigenvalue weighted by molar-refractivity contribution is -0.385. The number of allylic oxidation sites excluding steroid dienone is 2. The summed E-state index contributed by atoms with van der Waals surface area (Å²) in [6, 6.07) is 9.77. The number of hydrogen-bond donors (Lipinski definition) is 1. The normalized spacial score (nSPS) is 22.5. The molecule has 0 fully saturated rings. The second-order valence-corrected chi connectivity index (χ2v) is 7.07. The Kier molecular flexibility index (Phi) is 4.36. The van der Waals surface area contributed by atoms with Crippen molar-refractivity contribution in [2.75, 3.05) is 12.4 Å². The Morgan fingerprint density at radius 3 is 2.81 bits per heavy atom. The molecule has 0 saturated carbocycles. The molecule has 0 aromatic heterocycles. The number of nitrogens with one attached hydrogen (secondary N) is 1. The summed E-state index contributed by atoms with van der Waals surface area (Å²) >= 11 is 6.43. The number of benzene rings is 2. The van der Waals surface area contributed by atoms with E-state index in [1.54, 1.807) is 30.3 Å². The van der Waals surface area contributed by atoms with E-state index in [4.69, 9.17) is 16.3 Å². The summed E-state index contributed by atoms with van der Waals surface area (Å²) < 4.78 is 4.93. The first-order chi connectivity index (χ1) is 13.0. The predicted octanol–water partition coefficient (Wildman–Crippen LogP) is 4.86. The average Bonchev–Trinajstić information content (AvgIpc) is 3.17. The van der Waals surface area contributed by atoms with E-state index in [1.165, 1.54) is 13.2 Å². The summed E-state index contributed by atoms with van der Waals surface area (Å²) in [4.78, 5) is 23.4. The number of rotatable bonds is 3. The van der Waals surface area contributed by atoms with Gasteiger partial charge in [-0.2, -0.15) is 0 Å². The van der Waals surface area contributed by atoms with E-state index in [0.717, 1.165) is 12.0 Å². The van der Waals surface area contributed by atoms with Crippen molar-refractivity contribution in [3.8, 4) is 0 Å².